The van der Waals surface area contributed by atoms with Gasteiger partial charge in [0.1, 0.15) is 11.8 Å². The van der Waals surface area contributed by atoms with E-state index >= 15 is 0 Å². The Morgan fingerprint density at radius 3 is 2.35 bits per heavy atom. The maximum absolute atomic E-state index is 8.98. The van der Waals surface area contributed by atoms with Gasteiger partial charge in [0.05, 0.1) is 12.7 Å². The molecule has 0 aliphatic rings. The van der Waals surface area contributed by atoms with Crippen molar-refractivity contribution in [1.82, 2.24) is 5.32 Å². The van der Waals surface area contributed by atoms with Crippen LogP contribution in [0.4, 0.5) is 0 Å². The van der Waals surface area contributed by atoms with E-state index in [0.29, 0.717) is 16.7 Å². The number of rotatable bonds is 5. The van der Waals surface area contributed by atoms with Gasteiger partial charge in [0.2, 0.25) is 0 Å². The molecule has 3 nitrogen and oxygen atoms in total. The van der Waals surface area contributed by atoms with Crippen LogP contribution in [-0.4, -0.2) is 12.6 Å². The molecule has 0 unspecified atom stereocenters. The SMILES string of the molecule is COc1cc(CNC(C)(C)CC(C)(C)C)ccc1C#N. The van der Waals surface area contributed by atoms with Crippen LogP contribution < -0.4 is 10.1 Å². The summed E-state index contributed by atoms with van der Waals surface area (Å²) in [5.41, 5.74) is 2.06. The summed E-state index contributed by atoms with van der Waals surface area (Å²) >= 11 is 0. The first-order chi connectivity index (χ1) is 9.17. The van der Waals surface area contributed by atoms with Crippen molar-refractivity contribution in [1.29, 1.82) is 5.26 Å². The molecule has 0 amide bonds. The van der Waals surface area contributed by atoms with Gasteiger partial charge in [-0.05, 0) is 43.4 Å². The summed E-state index contributed by atoms with van der Waals surface area (Å²) in [7, 11) is 1.59. The summed E-state index contributed by atoms with van der Waals surface area (Å²) in [5, 5.41) is 12.6. The minimum Gasteiger partial charge on any atom is -0.495 e. The third kappa shape index (κ3) is 5.22. The van der Waals surface area contributed by atoms with Crippen molar-refractivity contribution in [2.45, 2.75) is 53.1 Å². The van der Waals surface area contributed by atoms with Crippen molar-refractivity contribution in [2.75, 3.05) is 7.11 Å². The van der Waals surface area contributed by atoms with E-state index in [0.717, 1.165) is 18.5 Å². The Labute approximate surface area is 123 Å². The fraction of sp³-hybridized carbons (Fsp3) is 0.588. The highest BCUT2D eigenvalue weighted by atomic mass is 16.5. The predicted octanol–water partition coefficient (Wildman–Crippen LogP) is 3.87. The van der Waals surface area contributed by atoms with E-state index in [4.69, 9.17) is 10.00 Å². The van der Waals surface area contributed by atoms with E-state index in [1.54, 1.807) is 7.11 Å². The quantitative estimate of drug-likeness (QED) is 0.886. The molecule has 0 aliphatic heterocycles. The van der Waals surface area contributed by atoms with E-state index in [2.05, 4.69) is 46.0 Å². The smallest absolute Gasteiger partial charge is 0.136 e. The minimum atomic E-state index is 0.0688. The molecule has 3 heteroatoms. The van der Waals surface area contributed by atoms with E-state index in [-0.39, 0.29) is 5.54 Å². The van der Waals surface area contributed by atoms with Gasteiger partial charge in [0.15, 0.2) is 0 Å². The molecule has 110 valence electrons. The first kappa shape index (κ1) is 16.5. The van der Waals surface area contributed by atoms with Crippen LogP contribution in [0.2, 0.25) is 0 Å². The number of methoxy groups -OCH3 is 1. The lowest BCUT2D eigenvalue weighted by atomic mass is 9.82. The first-order valence-electron chi connectivity index (χ1n) is 6.99. The fourth-order valence-corrected chi connectivity index (χ4v) is 2.67. The van der Waals surface area contributed by atoms with Crippen molar-refractivity contribution in [3.8, 4) is 11.8 Å². The zero-order chi connectivity index (χ0) is 15.4. The fourth-order valence-electron chi connectivity index (χ4n) is 2.67. The predicted molar refractivity (Wildman–Crippen MR) is 82.7 cm³/mol. The molecule has 0 heterocycles. The van der Waals surface area contributed by atoms with E-state index in [1.165, 1.54) is 0 Å². The van der Waals surface area contributed by atoms with Gasteiger partial charge in [-0.2, -0.15) is 5.26 Å². The normalized spacial score (nSPS) is 12.1. The monoisotopic (exact) mass is 274 g/mol. The second kappa shape index (κ2) is 6.28. The van der Waals surface area contributed by atoms with Crippen molar-refractivity contribution in [2.24, 2.45) is 5.41 Å². The van der Waals surface area contributed by atoms with Gasteiger partial charge in [-0.15, -0.1) is 0 Å². The molecule has 0 atom stereocenters. The highest BCUT2D eigenvalue weighted by Crippen LogP contribution is 2.27. The topological polar surface area (TPSA) is 45.0 Å². The van der Waals surface area contributed by atoms with E-state index in [1.807, 2.05) is 18.2 Å². The van der Waals surface area contributed by atoms with Gasteiger partial charge in [0, 0.05) is 12.1 Å². The van der Waals surface area contributed by atoms with Gasteiger partial charge in [-0.25, -0.2) is 0 Å². The molecule has 0 saturated carbocycles. The van der Waals surface area contributed by atoms with Crippen LogP contribution in [0.15, 0.2) is 18.2 Å². The van der Waals surface area contributed by atoms with E-state index in [9.17, 15) is 0 Å². The zero-order valence-electron chi connectivity index (χ0n) is 13.5. The number of nitrogens with zero attached hydrogens (tertiary/aromatic N) is 1. The number of hydrogen-bond acceptors (Lipinski definition) is 3. The lowest BCUT2D eigenvalue weighted by molar-refractivity contribution is 0.240. The summed E-state index contributed by atoms with van der Waals surface area (Å²) in [4.78, 5) is 0. The molecule has 0 saturated heterocycles. The summed E-state index contributed by atoms with van der Waals surface area (Å²) in [5.74, 6) is 0.639. The number of benzene rings is 1. The van der Waals surface area contributed by atoms with Crippen molar-refractivity contribution in [3.63, 3.8) is 0 Å². The second-order valence-corrected chi connectivity index (χ2v) is 7.12. The first-order valence-corrected chi connectivity index (χ1v) is 6.99. The number of ether oxygens (including phenoxy) is 1. The molecular weight excluding hydrogens is 248 g/mol. The standard InChI is InChI=1S/C17H26N2O/c1-16(2,3)12-17(4,5)19-11-13-7-8-14(10-18)15(9-13)20-6/h7-9,19H,11-12H2,1-6H3. The Bertz CT molecular complexity index is 493. The number of hydrogen-bond donors (Lipinski definition) is 1. The average molecular weight is 274 g/mol. The van der Waals surface area contributed by atoms with Gasteiger partial charge in [-0.3, -0.25) is 0 Å². The van der Waals surface area contributed by atoms with Gasteiger partial charge < -0.3 is 10.1 Å². The van der Waals surface area contributed by atoms with Crippen LogP contribution in [0.5, 0.6) is 5.75 Å². The molecule has 1 aromatic rings. The summed E-state index contributed by atoms with van der Waals surface area (Å²) < 4.78 is 5.24. The molecule has 20 heavy (non-hydrogen) atoms. The molecule has 1 N–H and O–H groups in total. The molecule has 0 spiro atoms. The molecule has 1 aromatic carbocycles. The Hall–Kier alpha value is -1.53. The molecule has 0 fully saturated rings. The van der Waals surface area contributed by atoms with Crippen molar-refractivity contribution >= 4 is 0 Å². The Balaban J connectivity index is 2.73. The lowest BCUT2D eigenvalue weighted by Gasteiger charge is -2.33. The van der Waals surface area contributed by atoms with Crippen LogP contribution in [-0.2, 0) is 6.54 Å². The maximum Gasteiger partial charge on any atom is 0.136 e. The van der Waals surface area contributed by atoms with Crippen LogP contribution in [0, 0.1) is 16.7 Å². The van der Waals surface area contributed by atoms with Crippen LogP contribution in [0.25, 0.3) is 0 Å². The minimum absolute atomic E-state index is 0.0688. The molecular formula is C17H26N2O. The Morgan fingerprint density at radius 2 is 1.85 bits per heavy atom. The summed E-state index contributed by atoms with van der Waals surface area (Å²) in [6.07, 6.45) is 1.09. The highest BCUT2D eigenvalue weighted by molar-refractivity contribution is 5.45. The molecule has 0 radical (unpaired) electrons. The number of nitrogens with one attached hydrogen (secondary N) is 1. The zero-order valence-corrected chi connectivity index (χ0v) is 13.5. The van der Waals surface area contributed by atoms with Crippen LogP contribution >= 0.6 is 0 Å². The second-order valence-electron chi connectivity index (χ2n) is 7.12. The largest absolute Gasteiger partial charge is 0.495 e. The van der Waals surface area contributed by atoms with Gasteiger partial charge in [0.25, 0.3) is 0 Å². The Morgan fingerprint density at radius 1 is 1.20 bits per heavy atom. The van der Waals surface area contributed by atoms with Crippen molar-refractivity contribution in [3.05, 3.63) is 29.3 Å². The molecule has 1 rings (SSSR count). The number of nitriles is 1. The van der Waals surface area contributed by atoms with Crippen molar-refractivity contribution < 1.29 is 4.74 Å². The third-order valence-corrected chi connectivity index (χ3v) is 3.13. The summed E-state index contributed by atoms with van der Waals surface area (Å²) in [6, 6.07) is 7.85. The molecule has 0 aromatic heterocycles. The maximum atomic E-state index is 8.98. The average Bonchev–Trinajstić information content (AvgIpc) is 2.33. The Kier molecular flexibility index (Phi) is 5.19. The molecule has 0 aliphatic carbocycles. The highest BCUT2D eigenvalue weighted by Gasteiger charge is 2.24. The van der Waals surface area contributed by atoms with Gasteiger partial charge in [-0.1, -0.05) is 26.8 Å². The van der Waals surface area contributed by atoms with Gasteiger partial charge >= 0.3 is 0 Å². The van der Waals surface area contributed by atoms with Crippen LogP contribution in [0.1, 0.15) is 52.2 Å². The van der Waals surface area contributed by atoms with Crippen LogP contribution in [0.3, 0.4) is 0 Å². The third-order valence-electron chi connectivity index (χ3n) is 3.13. The summed E-state index contributed by atoms with van der Waals surface area (Å²) in [6.45, 7) is 12.0. The van der Waals surface area contributed by atoms with E-state index < -0.39 is 0 Å². The lowest BCUT2D eigenvalue weighted by Crippen LogP contribution is -2.41. The molecule has 0 bridgehead atoms.